The molecule has 0 aliphatic carbocycles. The van der Waals surface area contributed by atoms with Gasteiger partial charge in [0.05, 0.1) is 18.2 Å². The lowest BCUT2D eigenvalue weighted by Crippen LogP contribution is -2.41. The molecule has 1 aliphatic heterocycles. The predicted molar refractivity (Wildman–Crippen MR) is 87.3 cm³/mol. The Hall–Kier alpha value is -3.53. The molecule has 7 nitrogen and oxygen atoms in total. The third kappa shape index (κ3) is 2.85. The van der Waals surface area contributed by atoms with Crippen molar-refractivity contribution in [2.75, 3.05) is 6.54 Å². The molecule has 1 aromatic heterocycles. The smallest absolute Gasteiger partial charge is 0.319 e. The molecule has 1 unspecified atom stereocenters. The highest BCUT2D eigenvalue weighted by Crippen LogP contribution is 2.29. The maximum Gasteiger partial charge on any atom is 0.325 e. The quantitative estimate of drug-likeness (QED) is 0.676. The topological polar surface area (TPSA) is 103 Å². The molecule has 1 aromatic carbocycles. The average molecular weight is 334 g/mol. The first kappa shape index (κ1) is 16.3. The number of carbonyl (C=O) groups is 3. The van der Waals surface area contributed by atoms with Gasteiger partial charge in [0.1, 0.15) is 5.54 Å². The first-order valence-corrected chi connectivity index (χ1v) is 7.53. The molecule has 25 heavy (non-hydrogen) atoms. The molecule has 2 aromatic rings. The van der Waals surface area contributed by atoms with Crippen LogP contribution in [0.2, 0.25) is 0 Å². The molecule has 124 valence electrons. The van der Waals surface area contributed by atoms with Crippen LogP contribution in [-0.2, 0) is 10.3 Å². The van der Waals surface area contributed by atoms with Gasteiger partial charge in [0, 0.05) is 18.0 Å². The highest BCUT2D eigenvalue weighted by Gasteiger charge is 2.49. The van der Waals surface area contributed by atoms with Crippen molar-refractivity contribution in [3.05, 3.63) is 65.5 Å². The second-order valence-electron chi connectivity index (χ2n) is 5.80. The number of urea groups is 1. The van der Waals surface area contributed by atoms with Crippen LogP contribution in [0.1, 0.15) is 28.4 Å². The fourth-order valence-electron chi connectivity index (χ4n) is 2.68. The fraction of sp³-hybridized carbons (Fsp3) is 0.167. The molecule has 3 rings (SSSR count). The third-order valence-electron chi connectivity index (χ3n) is 4.15. The maximum absolute atomic E-state index is 12.8. The maximum atomic E-state index is 12.8. The summed E-state index contributed by atoms with van der Waals surface area (Å²) in [7, 11) is 0. The van der Waals surface area contributed by atoms with Crippen LogP contribution in [0.15, 0.2) is 48.8 Å². The van der Waals surface area contributed by atoms with E-state index in [1.165, 1.54) is 12.4 Å². The summed E-state index contributed by atoms with van der Waals surface area (Å²) >= 11 is 0. The van der Waals surface area contributed by atoms with Gasteiger partial charge < -0.3 is 5.32 Å². The van der Waals surface area contributed by atoms with E-state index >= 15 is 0 Å². The summed E-state index contributed by atoms with van der Waals surface area (Å²) in [5, 5.41) is 11.5. The number of carbonyl (C=O) groups excluding carboxylic acids is 3. The summed E-state index contributed by atoms with van der Waals surface area (Å²) in [6.45, 7) is 1.21. The molecule has 1 fully saturated rings. The minimum Gasteiger partial charge on any atom is -0.319 e. The van der Waals surface area contributed by atoms with Crippen LogP contribution in [0.3, 0.4) is 0 Å². The Morgan fingerprint density at radius 2 is 2.00 bits per heavy atom. The second kappa shape index (κ2) is 6.17. The van der Waals surface area contributed by atoms with Gasteiger partial charge >= 0.3 is 6.03 Å². The van der Waals surface area contributed by atoms with Crippen molar-refractivity contribution in [2.45, 2.75) is 12.5 Å². The molecule has 0 spiro atoms. The van der Waals surface area contributed by atoms with Crippen molar-refractivity contribution in [2.24, 2.45) is 0 Å². The number of Topliss-reactive ketones (excluding diaryl/α,β-unsaturated/α-hetero) is 1. The van der Waals surface area contributed by atoms with Crippen LogP contribution in [0.5, 0.6) is 0 Å². The summed E-state index contributed by atoms with van der Waals surface area (Å²) < 4.78 is 0. The van der Waals surface area contributed by atoms with Crippen LogP contribution in [0.25, 0.3) is 0 Å². The number of hydrogen-bond acceptors (Lipinski definition) is 5. The molecule has 0 saturated carbocycles. The Bertz CT molecular complexity index is 887. The molecule has 1 aliphatic rings. The van der Waals surface area contributed by atoms with Gasteiger partial charge in [-0.2, -0.15) is 5.26 Å². The van der Waals surface area contributed by atoms with E-state index in [0.717, 1.165) is 4.90 Å². The van der Waals surface area contributed by atoms with Gasteiger partial charge in [-0.3, -0.25) is 19.5 Å². The molecule has 1 saturated heterocycles. The Labute approximate surface area is 143 Å². The number of nitrogens with one attached hydrogen (secondary N) is 1. The summed E-state index contributed by atoms with van der Waals surface area (Å²) in [5.41, 5.74) is 0.0456. The molecule has 3 amide bonds. The molecular weight excluding hydrogens is 320 g/mol. The lowest BCUT2D eigenvalue weighted by atomic mass is 9.91. The highest BCUT2D eigenvalue weighted by molar-refractivity contribution is 6.11. The zero-order valence-electron chi connectivity index (χ0n) is 13.4. The SMILES string of the molecule is CC1(c2ccc(C#N)cc2)NC(=O)N(CC(=O)c2cccnc2)C1=O. The van der Waals surface area contributed by atoms with Crippen molar-refractivity contribution in [1.29, 1.82) is 5.26 Å². The molecule has 7 heteroatoms. The van der Waals surface area contributed by atoms with Crippen LogP contribution >= 0.6 is 0 Å². The van der Waals surface area contributed by atoms with Crippen LogP contribution in [-0.4, -0.2) is 34.2 Å². The van der Waals surface area contributed by atoms with Crippen molar-refractivity contribution >= 4 is 17.7 Å². The average Bonchev–Trinajstić information content (AvgIpc) is 2.86. The molecule has 0 radical (unpaired) electrons. The van der Waals surface area contributed by atoms with E-state index in [9.17, 15) is 14.4 Å². The number of imide groups is 1. The number of aromatic nitrogens is 1. The number of benzene rings is 1. The molecule has 0 bridgehead atoms. The van der Waals surface area contributed by atoms with E-state index in [1.807, 2.05) is 6.07 Å². The number of hydrogen-bond donors (Lipinski definition) is 1. The predicted octanol–water partition coefficient (Wildman–Crippen LogP) is 1.60. The minimum atomic E-state index is -1.28. The van der Waals surface area contributed by atoms with Crippen molar-refractivity contribution in [3.8, 4) is 6.07 Å². The first-order valence-electron chi connectivity index (χ1n) is 7.53. The highest BCUT2D eigenvalue weighted by atomic mass is 16.2. The van der Waals surface area contributed by atoms with Crippen molar-refractivity contribution < 1.29 is 14.4 Å². The summed E-state index contributed by atoms with van der Waals surface area (Å²) in [5.74, 6) is -0.889. The van der Waals surface area contributed by atoms with E-state index in [1.54, 1.807) is 43.3 Å². The van der Waals surface area contributed by atoms with E-state index in [2.05, 4.69) is 10.3 Å². The molecule has 1 N–H and O–H groups in total. The van der Waals surface area contributed by atoms with Crippen LogP contribution in [0, 0.1) is 11.3 Å². The molecule has 1 atom stereocenters. The zero-order valence-corrected chi connectivity index (χ0v) is 13.4. The van der Waals surface area contributed by atoms with E-state index in [4.69, 9.17) is 5.26 Å². The summed E-state index contributed by atoms with van der Waals surface area (Å²) in [4.78, 5) is 42.0. The monoisotopic (exact) mass is 334 g/mol. The van der Waals surface area contributed by atoms with Gasteiger partial charge in [-0.15, -0.1) is 0 Å². The number of ketones is 1. The lowest BCUT2D eigenvalue weighted by molar-refractivity contribution is -0.130. The molecule has 2 heterocycles. The van der Waals surface area contributed by atoms with Gasteiger partial charge in [-0.05, 0) is 36.8 Å². The van der Waals surface area contributed by atoms with Gasteiger partial charge in [0.15, 0.2) is 5.78 Å². The third-order valence-corrected chi connectivity index (χ3v) is 4.15. The van der Waals surface area contributed by atoms with Crippen molar-refractivity contribution in [1.82, 2.24) is 15.2 Å². The first-order chi connectivity index (χ1) is 12.0. The Morgan fingerprint density at radius 1 is 1.28 bits per heavy atom. The lowest BCUT2D eigenvalue weighted by Gasteiger charge is -2.22. The van der Waals surface area contributed by atoms with E-state index in [-0.39, 0.29) is 12.3 Å². The number of amides is 3. The largest absolute Gasteiger partial charge is 0.325 e. The summed E-state index contributed by atoms with van der Waals surface area (Å²) in [6, 6.07) is 10.9. The fourth-order valence-corrected chi connectivity index (χ4v) is 2.68. The van der Waals surface area contributed by atoms with Crippen molar-refractivity contribution in [3.63, 3.8) is 0 Å². The van der Waals surface area contributed by atoms with Gasteiger partial charge in [0.25, 0.3) is 5.91 Å². The number of pyridine rings is 1. The summed E-state index contributed by atoms with van der Waals surface area (Å²) in [6.07, 6.45) is 2.92. The van der Waals surface area contributed by atoms with Gasteiger partial charge in [-0.25, -0.2) is 4.79 Å². The van der Waals surface area contributed by atoms with Gasteiger partial charge in [-0.1, -0.05) is 12.1 Å². The number of nitriles is 1. The number of nitrogens with zero attached hydrogens (tertiary/aromatic N) is 3. The Morgan fingerprint density at radius 3 is 2.60 bits per heavy atom. The zero-order chi connectivity index (χ0) is 18.0. The normalized spacial score (nSPS) is 19.4. The Balaban J connectivity index is 1.84. The van der Waals surface area contributed by atoms with Crippen LogP contribution in [0.4, 0.5) is 4.79 Å². The standard InChI is InChI=1S/C18H14N4O3/c1-18(14-6-4-12(9-19)5-7-14)16(24)22(17(25)21-18)11-15(23)13-3-2-8-20-10-13/h2-8,10H,11H2,1H3,(H,21,25). The van der Waals surface area contributed by atoms with Gasteiger partial charge in [0.2, 0.25) is 0 Å². The Kier molecular flexibility index (Phi) is 4.03. The second-order valence-corrected chi connectivity index (χ2v) is 5.80. The number of rotatable bonds is 4. The minimum absolute atomic E-state index is 0.329. The molecular formula is C18H14N4O3. The van der Waals surface area contributed by atoms with E-state index in [0.29, 0.717) is 16.7 Å². The van der Waals surface area contributed by atoms with Crippen LogP contribution < -0.4 is 5.32 Å². The van der Waals surface area contributed by atoms with E-state index < -0.39 is 17.5 Å².